The second-order valence-electron chi connectivity index (χ2n) is 9.96. The van der Waals surface area contributed by atoms with Crippen LogP contribution in [0, 0.1) is 0 Å². The SMILES string of the molecule is COc1cccc(C2c3[nH]c4ccccc4c3CCN2C(=O)CCCCNC(=O)OC(C)(C)C)c1. The number of para-hydroxylation sites is 1. The van der Waals surface area contributed by atoms with Crippen molar-refractivity contribution < 1.29 is 19.1 Å². The molecule has 1 atom stereocenters. The largest absolute Gasteiger partial charge is 0.497 e. The average Bonchev–Trinajstić information content (AvgIpc) is 3.20. The molecule has 35 heavy (non-hydrogen) atoms. The number of unbranched alkanes of at least 4 members (excludes halogenated alkanes) is 1. The Balaban J connectivity index is 1.48. The molecular weight excluding hydrogens is 442 g/mol. The molecule has 0 aliphatic carbocycles. The Hall–Kier alpha value is -3.48. The molecular formula is C28H35N3O4. The summed E-state index contributed by atoms with van der Waals surface area (Å²) in [5.74, 6) is 0.880. The molecule has 3 aromatic rings. The van der Waals surface area contributed by atoms with Crippen LogP contribution in [0.15, 0.2) is 48.5 Å². The standard InChI is InChI=1S/C28H35N3O4/c1-28(2,3)35-27(33)29-16-8-7-14-24(32)31-17-15-22-21-12-5-6-13-23(21)30-25(22)26(31)19-10-9-11-20(18-19)34-4/h5-6,9-13,18,26,30H,7-8,14-17H2,1-4H3,(H,29,33). The van der Waals surface area contributed by atoms with E-state index in [0.717, 1.165) is 28.9 Å². The number of benzene rings is 2. The Kier molecular flexibility index (Phi) is 7.34. The first kappa shape index (κ1) is 24.6. The van der Waals surface area contributed by atoms with Crippen molar-refractivity contribution in [3.63, 3.8) is 0 Å². The molecule has 4 rings (SSSR count). The molecule has 1 aromatic heterocycles. The second kappa shape index (κ2) is 10.4. The van der Waals surface area contributed by atoms with Crippen molar-refractivity contribution in [1.82, 2.24) is 15.2 Å². The summed E-state index contributed by atoms with van der Waals surface area (Å²) in [5, 5.41) is 3.98. The Morgan fingerprint density at radius 2 is 1.91 bits per heavy atom. The lowest BCUT2D eigenvalue weighted by molar-refractivity contribution is -0.133. The minimum absolute atomic E-state index is 0.111. The first-order chi connectivity index (χ1) is 16.8. The molecule has 2 aromatic carbocycles. The average molecular weight is 478 g/mol. The van der Waals surface area contributed by atoms with Gasteiger partial charge in [-0.15, -0.1) is 0 Å². The second-order valence-corrected chi connectivity index (χ2v) is 9.96. The van der Waals surface area contributed by atoms with Crippen LogP contribution < -0.4 is 10.1 Å². The molecule has 0 radical (unpaired) electrons. The Labute approximate surface area is 206 Å². The van der Waals surface area contributed by atoms with E-state index < -0.39 is 11.7 Å². The maximum absolute atomic E-state index is 13.4. The maximum atomic E-state index is 13.4. The summed E-state index contributed by atoms with van der Waals surface area (Å²) < 4.78 is 10.7. The predicted octanol–water partition coefficient (Wildman–Crippen LogP) is 5.35. The number of carbonyl (C=O) groups excluding carboxylic acids is 2. The van der Waals surface area contributed by atoms with Crippen LogP contribution in [0.5, 0.6) is 5.75 Å². The number of fused-ring (bicyclic) bond motifs is 3. The lowest BCUT2D eigenvalue weighted by atomic mass is 9.91. The number of nitrogens with one attached hydrogen (secondary N) is 2. The van der Waals surface area contributed by atoms with Gasteiger partial charge >= 0.3 is 6.09 Å². The molecule has 0 saturated heterocycles. The van der Waals surface area contributed by atoms with Crippen molar-refractivity contribution >= 4 is 22.9 Å². The van der Waals surface area contributed by atoms with E-state index >= 15 is 0 Å². The number of hydrogen-bond acceptors (Lipinski definition) is 4. The summed E-state index contributed by atoms with van der Waals surface area (Å²) in [6, 6.07) is 16.1. The van der Waals surface area contributed by atoms with Gasteiger partial charge in [-0.05, 0) is 69.4 Å². The summed E-state index contributed by atoms with van der Waals surface area (Å²) >= 11 is 0. The number of H-pyrrole nitrogens is 1. The normalized spacial score (nSPS) is 15.5. The zero-order valence-electron chi connectivity index (χ0n) is 21.0. The number of aromatic amines is 1. The number of nitrogens with zero attached hydrogens (tertiary/aromatic N) is 1. The Bertz CT molecular complexity index is 1190. The highest BCUT2D eigenvalue weighted by Gasteiger charge is 2.34. The van der Waals surface area contributed by atoms with Gasteiger partial charge in [-0.3, -0.25) is 4.79 Å². The number of amides is 2. The van der Waals surface area contributed by atoms with Gasteiger partial charge in [-0.2, -0.15) is 0 Å². The van der Waals surface area contributed by atoms with Crippen LogP contribution >= 0.6 is 0 Å². The fourth-order valence-electron chi connectivity index (χ4n) is 4.72. The molecule has 1 aliphatic heterocycles. The monoisotopic (exact) mass is 477 g/mol. The molecule has 1 unspecified atom stereocenters. The van der Waals surface area contributed by atoms with E-state index in [9.17, 15) is 9.59 Å². The van der Waals surface area contributed by atoms with E-state index in [2.05, 4.69) is 34.6 Å². The molecule has 7 nitrogen and oxygen atoms in total. The zero-order valence-corrected chi connectivity index (χ0v) is 21.0. The van der Waals surface area contributed by atoms with Crippen LogP contribution in [-0.4, -0.2) is 47.7 Å². The van der Waals surface area contributed by atoms with Gasteiger partial charge in [0.25, 0.3) is 0 Å². The van der Waals surface area contributed by atoms with Crippen LogP contribution in [0.4, 0.5) is 4.79 Å². The maximum Gasteiger partial charge on any atom is 0.407 e. The lowest BCUT2D eigenvalue weighted by Gasteiger charge is -2.36. The topological polar surface area (TPSA) is 83.7 Å². The van der Waals surface area contributed by atoms with Crippen molar-refractivity contribution in [2.45, 2.75) is 58.1 Å². The van der Waals surface area contributed by atoms with Crippen LogP contribution in [-0.2, 0) is 16.0 Å². The number of aromatic nitrogens is 1. The number of carbonyl (C=O) groups is 2. The van der Waals surface area contributed by atoms with E-state index in [1.165, 1.54) is 10.9 Å². The summed E-state index contributed by atoms with van der Waals surface area (Å²) in [6.45, 7) is 6.64. The van der Waals surface area contributed by atoms with E-state index in [4.69, 9.17) is 9.47 Å². The van der Waals surface area contributed by atoms with Gasteiger partial charge in [-0.25, -0.2) is 4.79 Å². The molecule has 0 bridgehead atoms. The smallest absolute Gasteiger partial charge is 0.407 e. The van der Waals surface area contributed by atoms with Crippen LogP contribution in [0.25, 0.3) is 10.9 Å². The summed E-state index contributed by atoms with van der Waals surface area (Å²) in [6.07, 6.45) is 2.21. The van der Waals surface area contributed by atoms with Crippen molar-refractivity contribution in [2.75, 3.05) is 20.2 Å². The summed E-state index contributed by atoms with van der Waals surface area (Å²) in [5.41, 5.74) is 3.94. The van der Waals surface area contributed by atoms with Gasteiger partial charge in [0.2, 0.25) is 5.91 Å². The fourth-order valence-corrected chi connectivity index (χ4v) is 4.72. The van der Waals surface area contributed by atoms with E-state index in [0.29, 0.717) is 32.4 Å². The first-order valence-electron chi connectivity index (χ1n) is 12.3. The van der Waals surface area contributed by atoms with Gasteiger partial charge < -0.3 is 24.7 Å². The molecule has 2 amide bonds. The Morgan fingerprint density at radius 3 is 2.69 bits per heavy atom. The van der Waals surface area contributed by atoms with Crippen molar-refractivity contribution in [3.05, 3.63) is 65.4 Å². The van der Waals surface area contributed by atoms with E-state index in [1.54, 1.807) is 7.11 Å². The van der Waals surface area contributed by atoms with Gasteiger partial charge in [0.15, 0.2) is 0 Å². The number of alkyl carbamates (subject to hydrolysis) is 1. The number of methoxy groups -OCH3 is 1. The van der Waals surface area contributed by atoms with Crippen molar-refractivity contribution in [2.24, 2.45) is 0 Å². The molecule has 2 N–H and O–H groups in total. The van der Waals surface area contributed by atoms with E-state index in [1.807, 2.05) is 49.9 Å². The van der Waals surface area contributed by atoms with Gasteiger partial charge in [0.1, 0.15) is 11.4 Å². The predicted molar refractivity (Wildman–Crippen MR) is 137 cm³/mol. The number of ether oxygens (including phenoxy) is 2. The highest BCUT2D eigenvalue weighted by molar-refractivity contribution is 5.86. The zero-order chi connectivity index (χ0) is 25.0. The van der Waals surface area contributed by atoms with Crippen molar-refractivity contribution in [3.8, 4) is 5.75 Å². The van der Waals surface area contributed by atoms with Crippen molar-refractivity contribution in [1.29, 1.82) is 0 Å². The number of rotatable bonds is 7. The molecule has 1 aliphatic rings. The minimum Gasteiger partial charge on any atom is -0.497 e. The third-order valence-corrected chi connectivity index (χ3v) is 6.25. The third-order valence-electron chi connectivity index (χ3n) is 6.25. The quantitative estimate of drug-likeness (QED) is 0.450. The van der Waals surface area contributed by atoms with Gasteiger partial charge in [0.05, 0.1) is 13.2 Å². The van der Waals surface area contributed by atoms with Crippen LogP contribution in [0.1, 0.15) is 62.9 Å². The molecule has 2 heterocycles. The Morgan fingerprint density at radius 1 is 1.11 bits per heavy atom. The molecule has 0 spiro atoms. The van der Waals surface area contributed by atoms with E-state index in [-0.39, 0.29) is 11.9 Å². The van der Waals surface area contributed by atoms with Crippen LogP contribution in [0.3, 0.4) is 0 Å². The molecule has 186 valence electrons. The molecule has 0 fully saturated rings. The van der Waals surface area contributed by atoms with Crippen LogP contribution in [0.2, 0.25) is 0 Å². The summed E-state index contributed by atoms with van der Waals surface area (Å²) in [7, 11) is 1.66. The fraction of sp³-hybridized carbons (Fsp3) is 0.429. The van der Waals surface area contributed by atoms with Gasteiger partial charge in [-0.1, -0.05) is 30.3 Å². The summed E-state index contributed by atoms with van der Waals surface area (Å²) in [4.78, 5) is 30.8. The minimum atomic E-state index is -0.523. The number of hydrogen-bond donors (Lipinski definition) is 2. The lowest BCUT2D eigenvalue weighted by Crippen LogP contribution is -2.40. The first-order valence-corrected chi connectivity index (χ1v) is 12.3. The van der Waals surface area contributed by atoms with Gasteiger partial charge in [0, 0.05) is 36.1 Å². The molecule has 0 saturated carbocycles. The molecule has 7 heteroatoms. The third kappa shape index (κ3) is 5.78. The highest BCUT2D eigenvalue weighted by atomic mass is 16.6. The highest BCUT2D eigenvalue weighted by Crippen LogP contribution is 2.39.